The number of para-hydroxylation sites is 1. The molecule has 7 heteroatoms. The van der Waals surface area contributed by atoms with Gasteiger partial charge in [0, 0.05) is 18.5 Å². The van der Waals surface area contributed by atoms with E-state index >= 15 is 0 Å². The van der Waals surface area contributed by atoms with Gasteiger partial charge in [-0.1, -0.05) is 6.07 Å². The van der Waals surface area contributed by atoms with Crippen molar-refractivity contribution >= 4 is 17.5 Å². The number of hydrazine groups is 1. The van der Waals surface area contributed by atoms with Crippen LogP contribution in [0, 0.1) is 5.82 Å². The number of amides is 2. The molecule has 0 aliphatic rings. The van der Waals surface area contributed by atoms with Crippen LogP contribution in [0.2, 0.25) is 0 Å². The predicted octanol–water partition coefficient (Wildman–Crippen LogP) is 1.15. The van der Waals surface area contributed by atoms with Crippen molar-refractivity contribution in [2.45, 2.75) is 32.7 Å². The Morgan fingerprint density at radius 3 is 2.52 bits per heavy atom. The standard InChI is InChI=1S/C14H21FN4O2/c1-14(2,3)18-11(20)7-8-17-13(21)9-5-4-6-10(15)12(9)19-16/h4-6,19H,7-8,16H2,1-3H3,(H,17,21)(H,18,20). The lowest BCUT2D eigenvalue weighted by molar-refractivity contribution is -0.122. The lowest BCUT2D eigenvalue weighted by Crippen LogP contribution is -2.42. The van der Waals surface area contributed by atoms with E-state index in [0.29, 0.717) is 0 Å². The molecule has 0 saturated carbocycles. The third-order valence-corrected chi connectivity index (χ3v) is 2.55. The van der Waals surface area contributed by atoms with Crippen LogP contribution in [0.3, 0.4) is 0 Å². The molecule has 1 aromatic rings. The summed E-state index contributed by atoms with van der Waals surface area (Å²) in [5, 5.41) is 5.34. The minimum atomic E-state index is -0.615. The highest BCUT2D eigenvalue weighted by molar-refractivity contribution is 5.99. The quantitative estimate of drug-likeness (QED) is 0.484. The van der Waals surface area contributed by atoms with Gasteiger partial charge < -0.3 is 16.1 Å². The number of hydrogen-bond acceptors (Lipinski definition) is 4. The van der Waals surface area contributed by atoms with Crippen molar-refractivity contribution in [2.75, 3.05) is 12.0 Å². The number of halogens is 1. The van der Waals surface area contributed by atoms with Crippen LogP contribution in [0.25, 0.3) is 0 Å². The van der Waals surface area contributed by atoms with Gasteiger partial charge in [0.25, 0.3) is 5.91 Å². The Morgan fingerprint density at radius 1 is 1.29 bits per heavy atom. The summed E-state index contributed by atoms with van der Waals surface area (Å²) < 4.78 is 13.5. The van der Waals surface area contributed by atoms with Gasteiger partial charge in [0.05, 0.1) is 11.3 Å². The minimum absolute atomic E-state index is 0.0749. The Kier molecular flexibility index (Phi) is 5.66. The average molecular weight is 296 g/mol. The molecule has 0 fully saturated rings. The molecule has 116 valence electrons. The van der Waals surface area contributed by atoms with E-state index in [0.717, 1.165) is 0 Å². The van der Waals surface area contributed by atoms with Crippen LogP contribution >= 0.6 is 0 Å². The van der Waals surface area contributed by atoms with Crippen LogP contribution in [-0.2, 0) is 4.79 Å². The molecule has 0 bridgehead atoms. The fraction of sp³-hybridized carbons (Fsp3) is 0.429. The normalized spacial score (nSPS) is 10.9. The first-order chi connectivity index (χ1) is 9.74. The van der Waals surface area contributed by atoms with E-state index in [1.54, 1.807) is 0 Å². The Labute approximate surface area is 123 Å². The molecule has 0 saturated heterocycles. The zero-order valence-corrected chi connectivity index (χ0v) is 12.4. The maximum absolute atomic E-state index is 13.5. The fourth-order valence-corrected chi connectivity index (χ4v) is 1.73. The van der Waals surface area contributed by atoms with E-state index < -0.39 is 11.7 Å². The fourth-order valence-electron chi connectivity index (χ4n) is 1.73. The molecule has 0 spiro atoms. The van der Waals surface area contributed by atoms with Crippen LogP contribution < -0.4 is 21.9 Å². The zero-order chi connectivity index (χ0) is 16.0. The molecule has 0 aliphatic heterocycles. The van der Waals surface area contributed by atoms with Crippen molar-refractivity contribution < 1.29 is 14.0 Å². The highest BCUT2D eigenvalue weighted by Gasteiger charge is 2.16. The van der Waals surface area contributed by atoms with Gasteiger partial charge in [0.1, 0.15) is 5.82 Å². The minimum Gasteiger partial charge on any atom is -0.351 e. The molecule has 5 N–H and O–H groups in total. The molecule has 0 aromatic heterocycles. The molecule has 2 amide bonds. The van der Waals surface area contributed by atoms with E-state index in [4.69, 9.17) is 5.84 Å². The number of carbonyl (C=O) groups is 2. The second-order valence-electron chi connectivity index (χ2n) is 5.61. The van der Waals surface area contributed by atoms with E-state index in [9.17, 15) is 14.0 Å². The molecule has 0 heterocycles. The number of hydrogen-bond donors (Lipinski definition) is 4. The SMILES string of the molecule is CC(C)(C)NC(=O)CCNC(=O)c1cccc(F)c1NN. The van der Waals surface area contributed by atoms with Crippen molar-refractivity contribution in [3.05, 3.63) is 29.6 Å². The highest BCUT2D eigenvalue weighted by atomic mass is 19.1. The van der Waals surface area contributed by atoms with Gasteiger partial charge in [-0.3, -0.25) is 15.4 Å². The summed E-state index contributed by atoms with van der Waals surface area (Å²) in [5.41, 5.74) is 1.86. The number of anilines is 1. The van der Waals surface area contributed by atoms with Crippen molar-refractivity contribution in [3.8, 4) is 0 Å². The van der Waals surface area contributed by atoms with Gasteiger partial charge in [0.15, 0.2) is 0 Å². The lowest BCUT2D eigenvalue weighted by atomic mass is 10.1. The Balaban J connectivity index is 2.56. The molecule has 1 rings (SSSR count). The first-order valence-electron chi connectivity index (χ1n) is 6.59. The van der Waals surface area contributed by atoms with E-state index in [-0.39, 0.29) is 35.7 Å². The Bertz CT molecular complexity index is 526. The molecule has 21 heavy (non-hydrogen) atoms. The molecular weight excluding hydrogens is 275 g/mol. The number of benzene rings is 1. The first kappa shape index (κ1) is 16.9. The van der Waals surface area contributed by atoms with E-state index in [2.05, 4.69) is 16.1 Å². The highest BCUT2D eigenvalue weighted by Crippen LogP contribution is 2.18. The maximum atomic E-state index is 13.5. The smallest absolute Gasteiger partial charge is 0.253 e. The summed E-state index contributed by atoms with van der Waals surface area (Å²) in [5.74, 6) is 3.92. The summed E-state index contributed by atoms with van der Waals surface area (Å²) in [6.45, 7) is 5.77. The van der Waals surface area contributed by atoms with Crippen LogP contribution in [0.4, 0.5) is 10.1 Å². The average Bonchev–Trinajstić information content (AvgIpc) is 2.36. The number of nitrogens with one attached hydrogen (secondary N) is 3. The van der Waals surface area contributed by atoms with Crippen molar-refractivity contribution in [1.29, 1.82) is 0 Å². The molecule has 0 radical (unpaired) electrons. The number of rotatable bonds is 5. The Morgan fingerprint density at radius 2 is 1.95 bits per heavy atom. The van der Waals surface area contributed by atoms with E-state index in [1.807, 2.05) is 20.8 Å². The summed E-state index contributed by atoms with van der Waals surface area (Å²) in [6, 6.07) is 4.06. The third-order valence-electron chi connectivity index (χ3n) is 2.55. The monoisotopic (exact) mass is 296 g/mol. The van der Waals surface area contributed by atoms with Crippen molar-refractivity contribution in [2.24, 2.45) is 5.84 Å². The zero-order valence-electron chi connectivity index (χ0n) is 12.4. The van der Waals surface area contributed by atoms with Gasteiger partial charge in [-0.05, 0) is 32.9 Å². The van der Waals surface area contributed by atoms with Crippen molar-refractivity contribution in [1.82, 2.24) is 10.6 Å². The van der Waals surface area contributed by atoms with Crippen LogP contribution in [0.5, 0.6) is 0 Å². The van der Waals surface area contributed by atoms with Gasteiger partial charge >= 0.3 is 0 Å². The topological polar surface area (TPSA) is 96.2 Å². The van der Waals surface area contributed by atoms with Crippen molar-refractivity contribution in [3.63, 3.8) is 0 Å². The van der Waals surface area contributed by atoms with Crippen LogP contribution in [0.1, 0.15) is 37.6 Å². The number of nitrogen functional groups attached to an aromatic ring is 1. The summed E-state index contributed by atoms with van der Waals surface area (Å²) >= 11 is 0. The second kappa shape index (κ2) is 7.03. The number of carbonyl (C=O) groups excluding carboxylic acids is 2. The molecular formula is C14H21FN4O2. The first-order valence-corrected chi connectivity index (χ1v) is 6.59. The molecule has 0 aliphatic carbocycles. The summed E-state index contributed by atoms with van der Waals surface area (Å²) in [6.07, 6.45) is 0.143. The second-order valence-corrected chi connectivity index (χ2v) is 5.61. The van der Waals surface area contributed by atoms with Gasteiger partial charge in [0.2, 0.25) is 5.91 Å². The van der Waals surface area contributed by atoms with Gasteiger partial charge in [-0.25, -0.2) is 4.39 Å². The lowest BCUT2D eigenvalue weighted by Gasteiger charge is -2.20. The largest absolute Gasteiger partial charge is 0.351 e. The number of nitrogens with two attached hydrogens (primary N) is 1. The Hall–Kier alpha value is -2.15. The van der Waals surface area contributed by atoms with Gasteiger partial charge in [-0.15, -0.1) is 0 Å². The maximum Gasteiger partial charge on any atom is 0.253 e. The van der Waals surface area contributed by atoms with Gasteiger partial charge in [-0.2, -0.15) is 0 Å². The molecule has 0 atom stereocenters. The van der Waals surface area contributed by atoms with E-state index in [1.165, 1.54) is 18.2 Å². The van der Waals surface area contributed by atoms with Crippen LogP contribution in [-0.4, -0.2) is 23.9 Å². The molecule has 1 aromatic carbocycles. The summed E-state index contributed by atoms with van der Waals surface area (Å²) in [7, 11) is 0. The third kappa shape index (κ3) is 5.39. The molecule has 0 unspecified atom stereocenters. The van der Waals surface area contributed by atoms with Crippen LogP contribution in [0.15, 0.2) is 18.2 Å². The molecule has 6 nitrogen and oxygen atoms in total. The predicted molar refractivity (Wildman–Crippen MR) is 79.1 cm³/mol. The summed E-state index contributed by atoms with van der Waals surface area (Å²) in [4.78, 5) is 23.5.